The van der Waals surface area contributed by atoms with E-state index in [-0.39, 0.29) is 17.7 Å². The molecule has 2 fully saturated rings. The van der Waals surface area contributed by atoms with Gasteiger partial charge in [0.05, 0.1) is 11.4 Å². The number of nitrogens with one attached hydrogen (secondary N) is 1. The molecule has 0 bridgehead atoms. The predicted octanol–water partition coefficient (Wildman–Crippen LogP) is 4.11. The first-order valence-corrected chi connectivity index (χ1v) is 15.4. The first-order chi connectivity index (χ1) is 17.9. The quantitative estimate of drug-likeness (QED) is 0.459. The van der Waals surface area contributed by atoms with Crippen molar-refractivity contribution in [2.75, 3.05) is 46.8 Å². The Hall–Kier alpha value is -2.98. The Morgan fingerprint density at radius 2 is 1.92 bits per heavy atom. The summed E-state index contributed by atoms with van der Waals surface area (Å²) < 4.78 is 23.4. The molecule has 2 aliphatic heterocycles. The summed E-state index contributed by atoms with van der Waals surface area (Å²) in [6, 6.07) is 8.35. The number of rotatable bonds is 7. The molecule has 2 N–H and O–H groups in total. The van der Waals surface area contributed by atoms with Crippen molar-refractivity contribution in [2.24, 2.45) is 5.92 Å². The zero-order valence-corrected chi connectivity index (χ0v) is 23.7. The predicted molar refractivity (Wildman–Crippen MR) is 153 cm³/mol. The molecule has 2 aliphatic rings. The Bertz CT molecular complexity index is 1440. The van der Waals surface area contributed by atoms with Crippen LogP contribution in [0.3, 0.4) is 0 Å². The van der Waals surface area contributed by atoms with E-state index in [1.54, 1.807) is 6.20 Å². The molecular weight excluding hydrogens is 500 g/mol. The summed E-state index contributed by atoms with van der Waals surface area (Å²) in [5.74, 6) is 2.74. The van der Waals surface area contributed by atoms with Gasteiger partial charge in [-0.1, -0.05) is 19.9 Å². The average molecular weight is 539 g/mol. The standard InChI is InChI=1S/C28H38N6O3S/c1-18(2)21-6-7-24(33-15-20(16-33)17-38(5,36)37)23-14-30-26(12-22(21)23)31-25-8-10-29-27(32-25)34-11-9-28(4,35)13-19(34)3/h6-8,10,12,14,18-20,35H,9,11,13,15-17H2,1-5H3,(H,29,30,31,32)/t19-,28-/m0/s1. The highest BCUT2D eigenvalue weighted by Crippen LogP contribution is 2.37. The number of hydrogen-bond acceptors (Lipinski definition) is 9. The van der Waals surface area contributed by atoms with E-state index >= 15 is 0 Å². The van der Waals surface area contributed by atoms with E-state index in [0.29, 0.717) is 42.9 Å². The molecule has 2 saturated heterocycles. The molecule has 3 aromatic rings. The van der Waals surface area contributed by atoms with Gasteiger partial charge in [0, 0.05) is 61.3 Å². The normalized spacial score (nSPS) is 22.7. The summed E-state index contributed by atoms with van der Waals surface area (Å²) in [5, 5.41) is 16.0. The van der Waals surface area contributed by atoms with Crippen LogP contribution in [-0.2, 0) is 9.84 Å². The van der Waals surface area contributed by atoms with Crippen molar-refractivity contribution >= 4 is 43.9 Å². The number of pyridine rings is 1. The zero-order valence-electron chi connectivity index (χ0n) is 22.8. The fraction of sp³-hybridized carbons (Fsp3) is 0.536. The molecule has 0 spiro atoms. The molecule has 2 atom stereocenters. The molecule has 5 rings (SSSR count). The number of anilines is 4. The van der Waals surface area contributed by atoms with Gasteiger partial charge in [-0.15, -0.1) is 0 Å². The highest BCUT2D eigenvalue weighted by molar-refractivity contribution is 7.90. The van der Waals surface area contributed by atoms with Gasteiger partial charge < -0.3 is 20.2 Å². The third-order valence-corrected chi connectivity index (χ3v) is 8.76. The van der Waals surface area contributed by atoms with Crippen molar-refractivity contribution in [1.82, 2.24) is 15.0 Å². The van der Waals surface area contributed by atoms with Crippen molar-refractivity contribution in [3.05, 3.63) is 42.2 Å². The van der Waals surface area contributed by atoms with Gasteiger partial charge in [0.25, 0.3) is 0 Å². The molecule has 0 aliphatic carbocycles. The molecule has 0 unspecified atom stereocenters. The van der Waals surface area contributed by atoms with Crippen LogP contribution in [0.4, 0.5) is 23.3 Å². The third-order valence-electron chi connectivity index (χ3n) is 7.68. The fourth-order valence-electron chi connectivity index (χ4n) is 5.81. The Morgan fingerprint density at radius 1 is 1.16 bits per heavy atom. The summed E-state index contributed by atoms with van der Waals surface area (Å²) in [6.07, 6.45) is 6.31. The van der Waals surface area contributed by atoms with Gasteiger partial charge in [0.2, 0.25) is 5.95 Å². The lowest BCUT2D eigenvalue weighted by atomic mass is 9.89. The summed E-state index contributed by atoms with van der Waals surface area (Å²) in [6.45, 7) is 10.5. The second kappa shape index (κ2) is 9.96. The summed E-state index contributed by atoms with van der Waals surface area (Å²) in [5.41, 5.74) is 1.67. The van der Waals surface area contributed by atoms with Crippen molar-refractivity contribution in [1.29, 1.82) is 0 Å². The van der Waals surface area contributed by atoms with Crippen molar-refractivity contribution < 1.29 is 13.5 Å². The molecular formula is C28H38N6O3S. The number of hydrogen-bond donors (Lipinski definition) is 2. The lowest BCUT2D eigenvalue weighted by Crippen LogP contribution is -2.49. The Kier molecular flexibility index (Phi) is 6.98. The minimum atomic E-state index is -2.98. The van der Waals surface area contributed by atoms with Gasteiger partial charge >= 0.3 is 0 Å². The topological polar surface area (TPSA) is 112 Å². The lowest BCUT2D eigenvalue weighted by Gasteiger charge is -2.41. The number of sulfone groups is 1. The molecule has 0 radical (unpaired) electrons. The van der Waals surface area contributed by atoms with Crippen LogP contribution < -0.4 is 15.1 Å². The number of benzene rings is 1. The van der Waals surface area contributed by atoms with E-state index in [4.69, 9.17) is 9.97 Å². The van der Waals surface area contributed by atoms with Crippen LogP contribution >= 0.6 is 0 Å². The van der Waals surface area contributed by atoms with Crippen LogP contribution in [0.1, 0.15) is 52.0 Å². The first kappa shape index (κ1) is 26.6. The van der Waals surface area contributed by atoms with Crippen LogP contribution in [0, 0.1) is 5.92 Å². The number of piperidine rings is 1. The molecule has 0 saturated carbocycles. The molecule has 0 amide bonds. The molecule has 4 heterocycles. The van der Waals surface area contributed by atoms with Crippen molar-refractivity contribution in [3.63, 3.8) is 0 Å². The Balaban J connectivity index is 1.39. The monoisotopic (exact) mass is 538 g/mol. The van der Waals surface area contributed by atoms with Gasteiger partial charge in [-0.2, -0.15) is 4.98 Å². The average Bonchev–Trinajstić information content (AvgIpc) is 2.79. The van der Waals surface area contributed by atoms with E-state index in [1.165, 1.54) is 11.8 Å². The summed E-state index contributed by atoms with van der Waals surface area (Å²) in [7, 11) is -2.98. The highest BCUT2D eigenvalue weighted by Gasteiger charge is 2.34. The minimum Gasteiger partial charge on any atom is -0.390 e. The molecule has 10 heteroatoms. The number of nitrogens with zero attached hydrogens (tertiary/aromatic N) is 5. The number of aromatic nitrogens is 3. The first-order valence-electron chi connectivity index (χ1n) is 13.3. The summed E-state index contributed by atoms with van der Waals surface area (Å²) in [4.78, 5) is 18.4. The van der Waals surface area contributed by atoms with Gasteiger partial charge in [0.1, 0.15) is 21.5 Å². The van der Waals surface area contributed by atoms with Crippen molar-refractivity contribution in [3.8, 4) is 0 Å². The van der Waals surface area contributed by atoms with Crippen LogP contribution in [0.5, 0.6) is 0 Å². The van der Waals surface area contributed by atoms with Crippen LogP contribution in [0.25, 0.3) is 10.8 Å². The maximum atomic E-state index is 11.7. The van der Waals surface area contributed by atoms with Crippen LogP contribution in [0.2, 0.25) is 0 Å². The molecule has 38 heavy (non-hydrogen) atoms. The Labute approximate surface area is 225 Å². The molecule has 2 aromatic heterocycles. The minimum absolute atomic E-state index is 0.137. The van der Waals surface area contributed by atoms with Gasteiger partial charge in [-0.05, 0) is 61.8 Å². The van der Waals surface area contributed by atoms with E-state index in [1.807, 2.05) is 19.2 Å². The van der Waals surface area contributed by atoms with Gasteiger partial charge in [-0.3, -0.25) is 0 Å². The van der Waals surface area contributed by atoms with Crippen molar-refractivity contribution in [2.45, 2.75) is 58.1 Å². The second-order valence-electron chi connectivity index (χ2n) is 11.7. The third kappa shape index (κ3) is 5.71. The largest absolute Gasteiger partial charge is 0.390 e. The van der Waals surface area contributed by atoms with Gasteiger partial charge in [-0.25, -0.2) is 18.4 Å². The maximum absolute atomic E-state index is 11.7. The van der Waals surface area contributed by atoms with Gasteiger partial charge in [0.15, 0.2) is 0 Å². The zero-order chi connectivity index (χ0) is 27.2. The van der Waals surface area contributed by atoms with Crippen LogP contribution in [-0.4, -0.2) is 71.8 Å². The van der Waals surface area contributed by atoms with E-state index in [9.17, 15) is 13.5 Å². The molecule has 1 aromatic carbocycles. The maximum Gasteiger partial charge on any atom is 0.227 e. The number of aliphatic hydroxyl groups is 1. The fourth-order valence-corrected chi connectivity index (χ4v) is 6.88. The highest BCUT2D eigenvalue weighted by atomic mass is 32.2. The number of fused-ring (bicyclic) bond motifs is 1. The Morgan fingerprint density at radius 3 is 2.61 bits per heavy atom. The molecule has 204 valence electrons. The van der Waals surface area contributed by atoms with Crippen LogP contribution in [0.15, 0.2) is 36.7 Å². The smallest absolute Gasteiger partial charge is 0.227 e. The van der Waals surface area contributed by atoms with E-state index < -0.39 is 15.4 Å². The molecule has 9 nitrogen and oxygen atoms in total. The van der Waals surface area contributed by atoms with E-state index in [0.717, 1.165) is 29.5 Å². The second-order valence-corrected chi connectivity index (χ2v) is 13.9. The lowest BCUT2D eigenvalue weighted by molar-refractivity contribution is 0.0238. The SMILES string of the molecule is CC(C)c1ccc(N2CC(CS(C)(=O)=O)C2)c2cnc(Nc3ccnc(N4CC[C@](C)(O)C[C@@H]4C)n3)cc12. The summed E-state index contributed by atoms with van der Waals surface area (Å²) >= 11 is 0. The van der Waals surface area contributed by atoms with E-state index in [2.05, 4.69) is 59.1 Å².